The van der Waals surface area contributed by atoms with E-state index < -0.39 is 10.0 Å². The van der Waals surface area contributed by atoms with Gasteiger partial charge in [0.05, 0.1) is 6.20 Å². The number of hydrogen-bond donors (Lipinski definition) is 3. The van der Waals surface area contributed by atoms with Gasteiger partial charge in [0.1, 0.15) is 0 Å². The van der Waals surface area contributed by atoms with Crippen LogP contribution >= 0.6 is 15.9 Å². The number of anilines is 1. The summed E-state index contributed by atoms with van der Waals surface area (Å²) in [5.41, 5.74) is 3.05. The molecule has 0 unspecified atom stereocenters. The number of aryl methyl sites for hydroxylation is 2. The highest BCUT2D eigenvalue weighted by Gasteiger charge is 2.21. The summed E-state index contributed by atoms with van der Waals surface area (Å²) in [6.07, 6.45) is 1.50. The SMILES string of the molecule is CNCc1cn[nH]c1S(=O)(=O)Nc1cc(C)c(Br)c(C)c1. The molecule has 2 rings (SSSR count). The largest absolute Gasteiger partial charge is 0.316 e. The van der Waals surface area contributed by atoms with Crippen LogP contribution in [0.3, 0.4) is 0 Å². The van der Waals surface area contributed by atoms with Gasteiger partial charge in [-0.2, -0.15) is 13.5 Å². The van der Waals surface area contributed by atoms with Crippen LogP contribution in [-0.2, 0) is 16.6 Å². The zero-order chi connectivity index (χ0) is 15.6. The number of benzene rings is 1. The molecule has 8 heteroatoms. The van der Waals surface area contributed by atoms with Gasteiger partial charge >= 0.3 is 0 Å². The van der Waals surface area contributed by atoms with Gasteiger partial charge in [0.2, 0.25) is 0 Å². The second kappa shape index (κ2) is 6.17. The van der Waals surface area contributed by atoms with Crippen LogP contribution in [0, 0.1) is 13.8 Å². The van der Waals surface area contributed by atoms with E-state index in [-0.39, 0.29) is 5.03 Å². The van der Waals surface area contributed by atoms with E-state index in [0.717, 1.165) is 15.6 Å². The molecule has 0 aliphatic carbocycles. The van der Waals surface area contributed by atoms with Gasteiger partial charge in [0.25, 0.3) is 10.0 Å². The van der Waals surface area contributed by atoms with Crippen LogP contribution in [0.25, 0.3) is 0 Å². The van der Waals surface area contributed by atoms with Gasteiger partial charge in [-0.05, 0) is 44.2 Å². The molecule has 0 saturated carbocycles. The van der Waals surface area contributed by atoms with Crippen molar-refractivity contribution in [2.45, 2.75) is 25.4 Å². The molecule has 114 valence electrons. The average Bonchev–Trinajstić information content (AvgIpc) is 2.85. The molecule has 1 aromatic heterocycles. The average molecular weight is 373 g/mol. The third-order valence-corrected chi connectivity index (χ3v) is 5.65. The maximum atomic E-state index is 12.4. The fourth-order valence-electron chi connectivity index (χ4n) is 2.06. The monoisotopic (exact) mass is 372 g/mol. The number of aromatic amines is 1. The van der Waals surface area contributed by atoms with Gasteiger partial charge in [-0.1, -0.05) is 15.9 Å². The number of aromatic nitrogens is 2. The minimum absolute atomic E-state index is 0.0788. The van der Waals surface area contributed by atoms with E-state index in [9.17, 15) is 8.42 Å². The molecule has 2 aromatic rings. The molecule has 6 nitrogen and oxygen atoms in total. The first-order valence-corrected chi connectivity index (χ1v) is 8.59. The lowest BCUT2D eigenvalue weighted by molar-refractivity contribution is 0.595. The van der Waals surface area contributed by atoms with Crippen molar-refractivity contribution in [1.82, 2.24) is 15.5 Å². The number of H-pyrrole nitrogens is 1. The van der Waals surface area contributed by atoms with Crippen molar-refractivity contribution in [3.8, 4) is 0 Å². The van der Waals surface area contributed by atoms with Crippen LogP contribution in [0.2, 0.25) is 0 Å². The van der Waals surface area contributed by atoms with Crippen LogP contribution in [-0.4, -0.2) is 25.7 Å². The standard InChI is InChI=1S/C13H17BrN4O2S/c1-8-4-11(5-9(2)12(8)14)18-21(19,20)13-10(6-15-3)7-16-17-13/h4-5,7,15,18H,6H2,1-3H3,(H,16,17). The summed E-state index contributed by atoms with van der Waals surface area (Å²) in [6, 6.07) is 3.56. The van der Waals surface area contributed by atoms with Crippen molar-refractivity contribution in [2.24, 2.45) is 0 Å². The highest BCUT2D eigenvalue weighted by atomic mass is 79.9. The second-order valence-corrected chi connectivity index (χ2v) is 7.20. The Morgan fingerprint density at radius 3 is 2.48 bits per heavy atom. The van der Waals surface area contributed by atoms with Crippen molar-refractivity contribution < 1.29 is 8.42 Å². The molecule has 0 bridgehead atoms. The lowest BCUT2D eigenvalue weighted by atomic mass is 10.1. The molecule has 0 aliphatic heterocycles. The third-order valence-electron chi connectivity index (χ3n) is 3.00. The van der Waals surface area contributed by atoms with Crippen LogP contribution in [0.4, 0.5) is 5.69 Å². The Bertz CT molecular complexity index is 732. The summed E-state index contributed by atoms with van der Waals surface area (Å²) in [6.45, 7) is 4.25. The molecule has 0 atom stereocenters. The minimum Gasteiger partial charge on any atom is -0.316 e. The Morgan fingerprint density at radius 2 is 1.90 bits per heavy atom. The summed E-state index contributed by atoms with van der Waals surface area (Å²) in [5.74, 6) is 0. The maximum Gasteiger partial charge on any atom is 0.279 e. The van der Waals surface area contributed by atoms with E-state index in [1.807, 2.05) is 13.8 Å². The van der Waals surface area contributed by atoms with E-state index >= 15 is 0 Å². The third kappa shape index (κ3) is 3.45. The molecule has 0 spiro atoms. The summed E-state index contributed by atoms with van der Waals surface area (Å²) in [4.78, 5) is 0. The number of sulfonamides is 1. The van der Waals surface area contributed by atoms with Gasteiger partial charge in [0, 0.05) is 22.3 Å². The Kier molecular flexibility index (Phi) is 4.70. The highest BCUT2D eigenvalue weighted by Crippen LogP contribution is 2.26. The van der Waals surface area contributed by atoms with Crippen molar-refractivity contribution in [1.29, 1.82) is 0 Å². The summed E-state index contributed by atoms with van der Waals surface area (Å²) < 4.78 is 28.4. The van der Waals surface area contributed by atoms with Gasteiger partial charge in [-0.15, -0.1) is 0 Å². The molecule has 0 saturated heterocycles. The topological polar surface area (TPSA) is 86.9 Å². The fraction of sp³-hybridized carbons (Fsp3) is 0.308. The lowest BCUT2D eigenvalue weighted by Gasteiger charge is -2.11. The molecular formula is C13H17BrN4O2S. The number of rotatable bonds is 5. The van der Waals surface area contributed by atoms with Crippen molar-refractivity contribution >= 4 is 31.6 Å². The van der Waals surface area contributed by atoms with E-state index in [0.29, 0.717) is 17.8 Å². The molecule has 1 heterocycles. The molecule has 0 radical (unpaired) electrons. The van der Waals surface area contributed by atoms with Crippen LogP contribution < -0.4 is 10.0 Å². The lowest BCUT2D eigenvalue weighted by Crippen LogP contribution is -2.17. The van der Waals surface area contributed by atoms with Crippen LogP contribution in [0.1, 0.15) is 16.7 Å². The summed E-state index contributed by atoms with van der Waals surface area (Å²) in [5, 5.41) is 9.34. The van der Waals surface area contributed by atoms with Crippen molar-refractivity contribution in [3.63, 3.8) is 0 Å². The molecule has 1 aromatic carbocycles. The molecule has 0 amide bonds. The quantitative estimate of drug-likeness (QED) is 0.751. The normalized spacial score (nSPS) is 11.6. The Labute approximate surface area is 132 Å². The molecular weight excluding hydrogens is 356 g/mol. The molecule has 21 heavy (non-hydrogen) atoms. The fourth-order valence-corrected chi connectivity index (χ4v) is 3.46. The number of halogens is 1. The number of hydrogen-bond acceptors (Lipinski definition) is 4. The zero-order valence-corrected chi connectivity index (χ0v) is 14.4. The molecule has 0 fully saturated rings. The molecule has 3 N–H and O–H groups in total. The van der Waals surface area contributed by atoms with Gasteiger partial charge in [-0.3, -0.25) is 9.82 Å². The zero-order valence-electron chi connectivity index (χ0n) is 12.0. The highest BCUT2D eigenvalue weighted by molar-refractivity contribution is 9.10. The Balaban J connectivity index is 2.35. The molecule has 0 aliphatic rings. The first-order valence-electron chi connectivity index (χ1n) is 6.31. The summed E-state index contributed by atoms with van der Waals surface area (Å²) >= 11 is 3.46. The second-order valence-electron chi connectivity index (χ2n) is 4.78. The van der Waals surface area contributed by atoms with Crippen LogP contribution in [0.5, 0.6) is 0 Å². The number of nitrogens with one attached hydrogen (secondary N) is 3. The minimum atomic E-state index is -3.69. The van der Waals surface area contributed by atoms with Crippen molar-refractivity contribution in [3.05, 3.63) is 39.5 Å². The van der Waals surface area contributed by atoms with Crippen LogP contribution in [0.15, 0.2) is 27.8 Å². The van der Waals surface area contributed by atoms with Gasteiger partial charge < -0.3 is 5.32 Å². The smallest absolute Gasteiger partial charge is 0.279 e. The Hall–Kier alpha value is -1.38. The van der Waals surface area contributed by atoms with Gasteiger partial charge in [0.15, 0.2) is 5.03 Å². The predicted molar refractivity (Wildman–Crippen MR) is 85.8 cm³/mol. The number of nitrogens with zero attached hydrogens (tertiary/aromatic N) is 1. The van der Waals surface area contributed by atoms with E-state index in [4.69, 9.17) is 0 Å². The van der Waals surface area contributed by atoms with E-state index in [2.05, 4.69) is 36.2 Å². The predicted octanol–water partition coefficient (Wildman–Crippen LogP) is 2.31. The van der Waals surface area contributed by atoms with Gasteiger partial charge in [-0.25, -0.2) is 0 Å². The maximum absolute atomic E-state index is 12.4. The van der Waals surface area contributed by atoms with E-state index in [1.165, 1.54) is 6.20 Å². The first-order chi connectivity index (χ1) is 9.85. The van der Waals surface area contributed by atoms with Crippen molar-refractivity contribution in [2.75, 3.05) is 11.8 Å². The first kappa shape index (κ1) is 16.0. The Morgan fingerprint density at radius 1 is 1.29 bits per heavy atom. The summed E-state index contributed by atoms with van der Waals surface area (Å²) in [7, 11) is -1.94. The van der Waals surface area contributed by atoms with E-state index in [1.54, 1.807) is 19.2 Å².